The van der Waals surface area contributed by atoms with Crippen LogP contribution in [-0.2, 0) is 11.3 Å². The average Bonchev–Trinajstić information content (AvgIpc) is 2.61. The average molecular weight is 312 g/mol. The van der Waals surface area contributed by atoms with Gasteiger partial charge in [-0.1, -0.05) is 56.5 Å². The highest BCUT2D eigenvalue weighted by molar-refractivity contribution is 5.96. The highest BCUT2D eigenvalue weighted by Gasteiger charge is 2.18. The van der Waals surface area contributed by atoms with Crippen LogP contribution in [0.1, 0.15) is 49.9 Å². The van der Waals surface area contributed by atoms with E-state index in [1.165, 1.54) is 12.8 Å². The van der Waals surface area contributed by atoms with Crippen LogP contribution >= 0.6 is 0 Å². The van der Waals surface area contributed by atoms with Gasteiger partial charge in [0.2, 0.25) is 0 Å². The normalized spacial score (nSPS) is 10.5. The maximum absolute atomic E-state index is 12.5. The summed E-state index contributed by atoms with van der Waals surface area (Å²) >= 11 is 0. The molecule has 0 saturated heterocycles. The molecule has 0 fully saturated rings. The molecule has 0 radical (unpaired) electrons. The maximum atomic E-state index is 12.5. The lowest BCUT2D eigenvalue weighted by molar-refractivity contribution is -0.693. The molecule has 0 bridgehead atoms. The largest absolute Gasteiger partial charge is 0.462 e. The third-order valence-electron chi connectivity index (χ3n) is 3.92. The van der Waals surface area contributed by atoms with Gasteiger partial charge in [-0.25, -0.2) is 9.36 Å². The molecular formula is C20H26NO2+. The SMILES string of the molecule is CCCCCCOC(=O)c1c[n+](CC)ccc1-c1ccccc1. The number of carbonyl (C=O) groups excluding carboxylic acids is 1. The van der Waals surface area contributed by atoms with Gasteiger partial charge < -0.3 is 4.74 Å². The molecule has 0 saturated carbocycles. The zero-order chi connectivity index (χ0) is 16.5. The van der Waals surface area contributed by atoms with Crippen molar-refractivity contribution in [2.75, 3.05) is 6.61 Å². The summed E-state index contributed by atoms with van der Waals surface area (Å²) in [6.07, 6.45) is 8.30. The summed E-state index contributed by atoms with van der Waals surface area (Å²) in [5.41, 5.74) is 2.60. The summed E-state index contributed by atoms with van der Waals surface area (Å²) < 4.78 is 7.48. The molecule has 1 aromatic carbocycles. The van der Waals surface area contributed by atoms with Gasteiger partial charge in [-0.3, -0.25) is 0 Å². The number of aromatic nitrogens is 1. The fourth-order valence-electron chi connectivity index (χ4n) is 2.54. The maximum Gasteiger partial charge on any atom is 0.344 e. The summed E-state index contributed by atoms with van der Waals surface area (Å²) in [6.45, 7) is 5.55. The molecule has 2 aromatic rings. The summed E-state index contributed by atoms with van der Waals surface area (Å²) in [7, 11) is 0. The first-order valence-electron chi connectivity index (χ1n) is 8.52. The van der Waals surface area contributed by atoms with Gasteiger partial charge in [0.05, 0.1) is 6.61 Å². The fourth-order valence-corrected chi connectivity index (χ4v) is 2.54. The molecule has 0 aliphatic carbocycles. The molecule has 0 N–H and O–H groups in total. The topological polar surface area (TPSA) is 30.2 Å². The zero-order valence-electron chi connectivity index (χ0n) is 14.1. The van der Waals surface area contributed by atoms with E-state index in [1.807, 2.05) is 53.4 Å². The second-order valence-corrected chi connectivity index (χ2v) is 5.67. The van der Waals surface area contributed by atoms with E-state index in [2.05, 4.69) is 13.8 Å². The highest BCUT2D eigenvalue weighted by Crippen LogP contribution is 2.23. The first kappa shape index (κ1) is 17.2. The van der Waals surface area contributed by atoms with E-state index >= 15 is 0 Å². The number of esters is 1. The summed E-state index contributed by atoms with van der Waals surface area (Å²) in [5, 5.41) is 0. The molecule has 0 spiro atoms. The van der Waals surface area contributed by atoms with Crippen molar-refractivity contribution >= 4 is 5.97 Å². The molecule has 1 aromatic heterocycles. The van der Waals surface area contributed by atoms with Gasteiger partial charge >= 0.3 is 5.97 Å². The van der Waals surface area contributed by atoms with E-state index in [4.69, 9.17) is 4.74 Å². The number of rotatable bonds is 8. The Hall–Kier alpha value is -2.16. The van der Waals surface area contributed by atoms with Gasteiger partial charge in [-0.15, -0.1) is 0 Å². The molecule has 0 aliphatic heterocycles. The molecule has 3 nitrogen and oxygen atoms in total. The number of carbonyl (C=O) groups is 1. The lowest BCUT2D eigenvalue weighted by atomic mass is 10.0. The monoisotopic (exact) mass is 312 g/mol. The van der Waals surface area contributed by atoms with E-state index in [9.17, 15) is 4.79 Å². The van der Waals surface area contributed by atoms with Crippen LogP contribution in [0.4, 0.5) is 0 Å². The Bertz CT molecular complexity index is 623. The Kier molecular flexibility index (Phi) is 6.79. The van der Waals surface area contributed by atoms with Crippen LogP contribution in [-0.4, -0.2) is 12.6 Å². The lowest BCUT2D eigenvalue weighted by Gasteiger charge is -2.09. The van der Waals surface area contributed by atoms with E-state index in [1.54, 1.807) is 0 Å². The van der Waals surface area contributed by atoms with E-state index in [0.717, 1.165) is 30.5 Å². The van der Waals surface area contributed by atoms with Crippen molar-refractivity contribution in [1.29, 1.82) is 0 Å². The summed E-state index contributed by atoms with van der Waals surface area (Å²) in [6, 6.07) is 12.0. The van der Waals surface area contributed by atoms with Crippen molar-refractivity contribution in [3.63, 3.8) is 0 Å². The zero-order valence-corrected chi connectivity index (χ0v) is 14.1. The molecule has 2 rings (SSSR count). The molecule has 122 valence electrons. The quantitative estimate of drug-likeness (QED) is 0.411. The molecule has 1 heterocycles. The van der Waals surface area contributed by atoms with Crippen LogP contribution in [0, 0.1) is 0 Å². The first-order valence-corrected chi connectivity index (χ1v) is 8.52. The Balaban J connectivity index is 2.16. The van der Waals surface area contributed by atoms with Crippen LogP contribution in [0.2, 0.25) is 0 Å². The van der Waals surface area contributed by atoms with Crippen LogP contribution in [0.5, 0.6) is 0 Å². The molecule has 0 unspecified atom stereocenters. The van der Waals surface area contributed by atoms with Crippen molar-refractivity contribution in [3.8, 4) is 11.1 Å². The number of unbranched alkanes of at least 4 members (excludes halogenated alkanes) is 3. The Labute approximate surface area is 138 Å². The summed E-state index contributed by atoms with van der Waals surface area (Å²) in [4.78, 5) is 12.5. The van der Waals surface area contributed by atoms with Crippen molar-refractivity contribution in [3.05, 3.63) is 54.4 Å². The predicted molar refractivity (Wildman–Crippen MR) is 92.2 cm³/mol. The van der Waals surface area contributed by atoms with Crippen molar-refractivity contribution in [2.45, 2.75) is 46.1 Å². The summed E-state index contributed by atoms with van der Waals surface area (Å²) in [5.74, 6) is -0.233. The number of hydrogen-bond acceptors (Lipinski definition) is 2. The van der Waals surface area contributed by atoms with Gasteiger partial charge in [-0.05, 0) is 18.9 Å². The molecule has 3 heteroatoms. The number of benzene rings is 1. The molecule has 0 atom stereocenters. The van der Waals surface area contributed by atoms with Crippen LogP contribution in [0.15, 0.2) is 48.8 Å². The first-order chi connectivity index (χ1) is 11.3. The highest BCUT2D eigenvalue weighted by atomic mass is 16.5. The molecule has 0 amide bonds. The van der Waals surface area contributed by atoms with Gasteiger partial charge in [0.1, 0.15) is 12.1 Å². The Morgan fingerprint density at radius 3 is 2.52 bits per heavy atom. The van der Waals surface area contributed by atoms with Crippen molar-refractivity contribution < 1.29 is 14.1 Å². The minimum atomic E-state index is -0.233. The van der Waals surface area contributed by atoms with E-state index in [0.29, 0.717) is 12.2 Å². The fraction of sp³-hybridized carbons (Fsp3) is 0.400. The standard InChI is InChI=1S/C20H26NO2/c1-3-5-6-10-15-23-20(22)19-16-21(4-2)14-13-18(19)17-11-8-7-9-12-17/h7-9,11-14,16H,3-6,10,15H2,1-2H3/q+1. The van der Waals surface area contributed by atoms with Crippen molar-refractivity contribution in [2.24, 2.45) is 0 Å². The number of pyridine rings is 1. The Morgan fingerprint density at radius 2 is 1.83 bits per heavy atom. The van der Waals surface area contributed by atoms with E-state index < -0.39 is 0 Å². The minimum absolute atomic E-state index is 0.233. The third-order valence-corrected chi connectivity index (χ3v) is 3.92. The second kappa shape index (κ2) is 9.09. The molecule has 23 heavy (non-hydrogen) atoms. The molecule has 0 aliphatic rings. The van der Waals surface area contributed by atoms with Crippen molar-refractivity contribution in [1.82, 2.24) is 0 Å². The third kappa shape index (κ3) is 4.92. The van der Waals surface area contributed by atoms with Gasteiger partial charge in [0.25, 0.3) is 0 Å². The predicted octanol–water partition coefficient (Wildman–Crippen LogP) is 4.40. The number of aryl methyl sites for hydroxylation is 1. The van der Waals surface area contributed by atoms with Gasteiger partial charge in [0, 0.05) is 11.6 Å². The molecular weight excluding hydrogens is 286 g/mol. The minimum Gasteiger partial charge on any atom is -0.462 e. The number of nitrogens with zero attached hydrogens (tertiary/aromatic N) is 1. The Morgan fingerprint density at radius 1 is 1.04 bits per heavy atom. The van der Waals surface area contributed by atoms with Crippen LogP contribution in [0.25, 0.3) is 11.1 Å². The van der Waals surface area contributed by atoms with Crippen LogP contribution in [0.3, 0.4) is 0 Å². The second-order valence-electron chi connectivity index (χ2n) is 5.67. The van der Waals surface area contributed by atoms with Gasteiger partial charge in [-0.2, -0.15) is 0 Å². The van der Waals surface area contributed by atoms with Gasteiger partial charge in [0.15, 0.2) is 12.4 Å². The lowest BCUT2D eigenvalue weighted by Crippen LogP contribution is -2.32. The number of hydrogen-bond donors (Lipinski definition) is 0. The van der Waals surface area contributed by atoms with Crippen LogP contribution < -0.4 is 4.57 Å². The number of ether oxygens (including phenoxy) is 1. The smallest absolute Gasteiger partial charge is 0.344 e. The van der Waals surface area contributed by atoms with E-state index in [-0.39, 0.29) is 5.97 Å².